The van der Waals surface area contributed by atoms with Gasteiger partial charge in [0.2, 0.25) is 5.91 Å². The summed E-state index contributed by atoms with van der Waals surface area (Å²) in [6, 6.07) is 16.5. The third kappa shape index (κ3) is 5.87. The van der Waals surface area contributed by atoms with Gasteiger partial charge in [-0.2, -0.15) is 0 Å². The molecular weight excluding hydrogens is 474 g/mol. The number of carbonyl (C=O) groups excluding carboxylic acids is 1. The second-order valence-electron chi connectivity index (χ2n) is 7.39. The summed E-state index contributed by atoms with van der Waals surface area (Å²) in [7, 11) is -2.89. The van der Waals surface area contributed by atoms with Gasteiger partial charge in [-0.25, -0.2) is 8.42 Å². The van der Waals surface area contributed by atoms with Crippen molar-refractivity contribution in [2.24, 2.45) is 0 Å². The number of hydrogen-bond acceptors (Lipinski definition) is 7. The molecule has 35 heavy (non-hydrogen) atoms. The molecule has 0 fully saturated rings. The summed E-state index contributed by atoms with van der Waals surface area (Å²) in [5.41, 5.74) is 0.547. The lowest BCUT2D eigenvalue weighted by atomic mass is 10.2. The molecule has 0 bridgehead atoms. The second kappa shape index (κ2) is 10.9. The number of amides is 1. The number of hydrogen-bond donors (Lipinski definition) is 1. The van der Waals surface area contributed by atoms with Crippen molar-refractivity contribution < 1.29 is 27.6 Å². The van der Waals surface area contributed by atoms with E-state index >= 15 is 0 Å². The first kappa shape index (κ1) is 25.5. The van der Waals surface area contributed by atoms with E-state index in [1.165, 1.54) is 38.3 Å². The highest BCUT2D eigenvalue weighted by atomic mass is 32.2. The second-order valence-corrected chi connectivity index (χ2v) is 9.25. The maximum absolute atomic E-state index is 13.6. The zero-order chi connectivity index (χ0) is 25.6. The molecule has 0 radical (unpaired) electrons. The molecular formula is C24H25N3O7S. The molecule has 0 saturated heterocycles. The Hall–Kier alpha value is -4.12. The van der Waals surface area contributed by atoms with Crippen LogP contribution >= 0.6 is 0 Å². The molecule has 0 aliphatic carbocycles. The van der Waals surface area contributed by atoms with Gasteiger partial charge in [-0.05, 0) is 56.3 Å². The fourth-order valence-electron chi connectivity index (χ4n) is 3.31. The molecule has 1 amide bonds. The molecule has 0 saturated carbocycles. The Labute approximate surface area is 203 Å². The van der Waals surface area contributed by atoms with Crippen LogP contribution in [-0.4, -0.2) is 39.5 Å². The number of nitrogens with one attached hydrogen (secondary N) is 1. The van der Waals surface area contributed by atoms with Gasteiger partial charge in [0.05, 0.1) is 34.9 Å². The fourth-order valence-corrected chi connectivity index (χ4v) is 4.75. The Morgan fingerprint density at radius 3 is 2.40 bits per heavy atom. The monoisotopic (exact) mass is 499 g/mol. The largest absolute Gasteiger partial charge is 0.497 e. The first-order chi connectivity index (χ1) is 16.7. The molecule has 0 atom stereocenters. The fraction of sp³-hybridized carbons (Fsp3) is 0.208. The van der Waals surface area contributed by atoms with E-state index in [4.69, 9.17) is 9.47 Å². The number of rotatable bonds is 10. The van der Waals surface area contributed by atoms with E-state index < -0.39 is 27.4 Å². The molecule has 1 N–H and O–H groups in total. The Morgan fingerprint density at radius 2 is 1.77 bits per heavy atom. The van der Waals surface area contributed by atoms with Crippen LogP contribution < -0.4 is 19.1 Å². The molecule has 3 aromatic carbocycles. The maximum atomic E-state index is 13.6. The van der Waals surface area contributed by atoms with Crippen molar-refractivity contribution in [1.82, 2.24) is 0 Å². The number of ether oxygens (including phenoxy) is 2. The molecule has 11 heteroatoms. The molecule has 0 heterocycles. The van der Waals surface area contributed by atoms with E-state index in [2.05, 4.69) is 5.32 Å². The smallest absolute Gasteiger partial charge is 0.273 e. The zero-order valence-corrected chi connectivity index (χ0v) is 20.2. The number of anilines is 2. The number of aryl methyl sites for hydroxylation is 1. The van der Waals surface area contributed by atoms with Crippen LogP contribution in [0.2, 0.25) is 0 Å². The van der Waals surface area contributed by atoms with E-state index in [9.17, 15) is 23.3 Å². The predicted molar refractivity (Wildman–Crippen MR) is 132 cm³/mol. The van der Waals surface area contributed by atoms with Crippen LogP contribution in [0.1, 0.15) is 12.5 Å². The minimum Gasteiger partial charge on any atom is -0.497 e. The molecule has 184 valence electrons. The van der Waals surface area contributed by atoms with Crippen molar-refractivity contribution in [2.75, 3.05) is 29.9 Å². The number of nitro benzene ring substituents is 1. The standard InChI is InChI=1S/C24H25N3O7S/c1-4-34-23-8-6-5-7-21(23)25-24(28)16-26(18-10-12-19(33-3)13-11-18)35(31,32)20-14-9-17(2)22(15-20)27(29)30/h5-15H,4,16H2,1-3H3,(H,25,28). The molecule has 0 spiro atoms. The number of para-hydroxylation sites is 2. The highest BCUT2D eigenvalue weighted by Gasteiger charge is 2.29. The Morgan fingerprint density at radius 1 is 1.09 bits per heavy atom. The van der Waals surface area contributed by atoms with Gasteiger partial charge in [-0.3, -0.25) is 19.2 Å². The lowest BCUT2D eigenvalue weighted by Gasteiger charge is -2.24. The average Bonchev–Trinajstić information content (AvgIpc) is 2.84. The van der Waals surface area contributed by atoms with Gasteiger partial charge in [0, 0.05) is 11.6 Å². The highest BCUT2D eigenvalue weighted by Crippen LogP contribution is 2.30. The van der Waals surface area contributed by atoms with Crippen LogP contribution in [0.15, 0.2) is 71.6 Å². The van der Waals surface area contributed by atoms with Crippen molar-refractivity contribution >= 4 is 33.0 Å². The van der Waals surface area contributed by atoms with Crippen molar-refractivity contribution in [3.63, 3.8) is 0 Å². The van der Waals surface area contributed by atoms with E-state index in [0.717, 1.165) is 10.4 Å². The van der Waals surface area contributed by atoms with Crippen LogP contribution in [0.3, 0.4) is 0 Å². The summed E-state index contributed by atoms with van der Waals surface area (Å²) in [5, 5.41) is 14.1. The van der Waals surface area contributed by atoms with Crippen molar-refractivity contribution in [3.8, 4) is 11.5 Å². The van der Waals surface area contributed by atoms with E-state index in [-0.39, 0.29) is 16.3 Å². The minimum absolute atomic E-state index is 0.183. The topological polar surface area (TPSA) is 128 Å². The number of nitrogens with zero attached hydrogens (tertiary/aromatic N) is 2. The van der Waals surface area contributed by atoms with Crippen LogP contribution in [0.5, 0.6) is 11.5 Å². The zero-order valence-electron chi connectivity index (χ0n) is 19.4. The normalized spacial score (nSPS) is 10.9. The third-order valence-corrected chi connectivity index (χ3v) is 6.84. The van der Waals surface area contributed by atoms with Crippen LogP contribution in [0.25, 0.3) is 0 Å². The summed E-state index contributed by atoms with van der Waals surface area (Å²) >= 11 is 0. The molecule has 0 aliphatic heterocycles. The number of nitro groups is 1. The van der Waals surface area contributed by atoms with Gasteiger partial charge in [0.15, 0.2) is 0 Å². The molecule has 0 aliphatic rings. The van der Waals surface area contributed by atoms with Crippen LogP contribution in [-0.2, 0) is 14.8 Å². The Bertz CT molecular complexity index is 1330. The number of methoxy groups -OCH3 is 1. The van der Waals surface area contributed by atoms with Crippen LogP contribution in [0.4, 0.5) is 17.1 Å². The van der Waals surface area contributed by atoms with E-state index in [1.807, 2.05) is 0 Å². The Balaban J connectivity index is 2.01. The average molecular weight is 500 g/mol. The molecule has 0 unspecified atom stereocenters. The van der Waals surface area contributed by atoms with E-state index in [0.29, 0.717) is 29.4 Å². The van der Waals surface area contributed by atoms with Gasteiger partial charge < -0.3 is 14.8 Å². The number of carbonyl (C=O) groups is 1. The van der Waals surface area contributed by atoms with Gasteiger partial charge in [0.25, 0.3) is 15.7 Å². The first-order valence-corrected chi connectivity index (χ1v) is 12.0. The quantitative estimate of drug-likeness (QED) is 0.328. The molecule has 3 aromatic rings. The highest BCUT2D eigenvalue weighted by molar-refractivity contribution is 7.92. The minimum atomic E-state index is -4.36. The summed E-state index contributed by atoms with van der Waals surface area (Å²) in [6.45, 7) is 3.11. The van der Waals surface area contributed by atoms with Crippen molar-refractivity contribution in [3.05, 3.63) is 82.4 Å². The summed E-state index contributed by atoms with van der Waals surface area (Å²) in [4.78, 5) is 23.4. The van der Waals surface area contributed by atoms with Gasteiger partial charge >= 0.3 is 0 Å². The Kier molecular flexibility index (Phi) is 7.92. The van der Waals surface area contributed by atoms with Gasteiger partial charge in [-0.15, -0.1) is 0 Å². The van der Waals surface area contributed by atoms with Crippen molar-refractivity contribution in [1.29, 1.82) is 0 Å². The third-order valence-electron chi connectivity index (χ3n) is 5.07. The van der Waals surface area contributed by atoms with Crippen molar-refractivity contribution in [2.45, 2.75) is 18.7 Å². The lowest BCUT2D eigenvalue weighted by Crippen LogP contribution is -2.38. The summed E-state index contributed by atoms with van der Waals surface area (Å²) < 4.78 is 38.7. The molecule has 0 aromatic heterocycles. The lowest BCUT2D eigenvalue weighted by molar-refractivity contribution is -0.385. The van der Waals surface area contributed by atoms with Gasteiger partial charge in [0.1, 0.15) is 18.0 Å². The molecule has 3 rings (SSSR count). The first-order valence-electron chi connectivity index (χ1n) is 10.6. The van der Waals surface area contributed by atoms with Gasteiger partial charge in [-0.1, -0.05) is 18.2 Å². The number of benzene rings is 3. The molecule has 10 nitrogen and oxygen atoms in total. The SMILES string of the molecule is CCOc1ccccc1NC(=O)CN(c1ccc(OC)cc1)S(=O)(=O)c1ccc(C)c([N+](=O)[O-])c1. The summed E-state index contributed by atoms with van der Waals surface area (Å²) in [6.07, 6.45) is 0. The van der Waals surface area contributed by atoms with Crippen LogP contribution in [0, 0.1) is 17.0 Å². The predicted octanol–water partition coefficient (Wildman–Crippen LogP) is 4.14. The number of sulfonamides is 1. The summed E-state index contributed by atoms with van der Waals surface area (Å²) in [5.74, 6) is 0.307. The maximum Gasteiger partial charge on any atom is 0.273 e. The van der Waals surface area contributed by atoms with E-state index in [1.54, 1.807) is 43.3 Å².